The summed E-state index contributed by atoms with van der Waals surface area (Å²) in [4.78, 5) is 10.8. The number of aliphatic carboxylic acids is 1. The lowest BCUT2D eigenvalue weighted by atomic mass is 10.1. The second-order valence-electron chi connectivity index (χ2n) is 2.97. The fourth-order valence-corrected chi connectivity index (χ4v) is 1.34. The predicted octanol–water partition coefficient (Wildman–Crippen LogP) is 2.11. The van der Waals surface area contributed by atoms with Crippen LogP contribution in [0.5, 0.6) is 0 Å². The number of carboxylic acid groups (broad SMARTS) is 1. The van der Waals surface area contributed by atoms with Crippen molar-refractivity contribution in [2.75, 3.05) is 0 Å². The molecule has 1 aromatic rings. The summed E-state index contributed by atoms with van der Waals surface area (Å²) in [7, 11) is 0. The topological polar surface area (TPSA) is 49.3 Å². The number of benzene rings is 1. The van der Waals surface area contributed by atoms with Crippen molar-refractivity contribution in [1.29, 1.82) is 0 Å². The summed E-state index contributed by atoms with van der Waals surface area (Å²) in [5.41, 5.74) is 2.11. The molecule has 0 saturated carbocycles. The van der Waals surface area contributed by atoms with Crippen molar-refractivity contribution in [3.8, 4) is 0 Å². The molecule has 0 radical (unpaired) electrons. The Bertz CT molecular complexity index is 438. The van der Waals surface area contributed by atoms with E-state index >= 15 is 0 Å². The lowest BCUT2D eigenvalue weighted by Crippen LogP contribution is -2.13. The Morgan fingerprint density at radius 1 is 1.20 bits per heavy atom. The molecule has 1 aliphatic heterocycles. The van der Waals surface area contributed by atoms with Gasteiger partial charge in [0, 0.05) is 6.20 Å². The maximum absolute atomic E-state index is 10.8. The molecule has 78 valence electrons. The van der Waals surface area contributed by atoms with Gasteiger partial charge in [0.1, 0.15) is 5.70 Å². The molecule has 0 atom stereocenters. The van der Waals surface area contributed by atoms with Gasteiger partial charge < -0.3 is 10.4 Å². The number of fused-ring (bicyclic) bond motifs is 1. The Morgan fingerprint density at radius 3 is 2.53 bits per heavy atom. The molecule has 0 unspecified atom stereocenters. The maximum atomic E-state index is 10.8. The van der Waals surface area contributed by atoms with Crippen molar-refractivity contribution in [1.82, 2.24) is 5.32 Å². The van der Waals surface area contributed by atoms with Gasteiger partial charge in [-0.05, 0) is 23.3 Å². The normalized spacial score (nSPS) is 12.7. The Morgan fingerprint density at radius 2 is 1.87 bits per heavy atom. The van der Waals surface area contributed by atoms with Gasteiger partial charge in [0.05, 0.1) is 0 Å². The zero-order chi connectivity index (χ0) is 9.97. The average Bonchev–Trinajstić information content (AvgIpc) is 2.39. The lowest BCUT2D eigenvalue weighted by Gasteiger charge is -1.99. The van der Waals surface area contributed by atoms with Crippen molar-refractivity contribution >= 4 is 30.5 Å². The molecule has 2 N–H and O–H groups in total. The molecule has 0 amide bonds. The van der Waals surface area contributed by atoms with E-state index in [2.05, 4.69) is 5.32 Å². The Hall–Kier alpha value is -1.74. The van der Waals surface area contributed by atoms with Crippen LogP contribution in [-0.2, 0) is 4.79 Å². The summed E-state index contributed by atoms with van der Waals surface area (Å²) in [6, 6.07) is 7.63. The van der Waals surface area contributed by atoms with Crippen molar-refractivity contribution in [3.05, 3.63) is 47.3 Å². The zero-order valence-electron chi connectivity index (χ0n) is 7.81. The van der Waals surface area contributed by atoms with Crippen molar-refractivity contribution in [2.45, 2.75) is 0 Å². The molecule has 0 fully saturated rings. The van der Waals surface area contributed by atoms with Crippen LogP contribution in [0, 0.1) is 0 Å². The second-order valence-corrected chi connectivity index (χ2v) is 2.97. The molecule has 0 aromatic heterocycles. The van der Waals surface area contributed by atoms with Crippen molar-refractivity contribution in [3.63, 3.8) is 0 Å². The molecule has 2 rings (SSSR count). The first-order chi connectivity index (χ1) is 6.77. The van der Waals surface area contributed by atoms with E-state index in [4.69, 9.17) is 5.11 Å². The highest BCUT2D eigenvalue weighted by Gasteiger charge is 2.08. The van der Waals surface area contributed by atoms with Crippen LogP contribution in [-0.4, -0.2) is 11.1 Å². The predicted molar refractivity (Wildman–Crippen MR) is 61.5 cm³/mol. The van der Waals surface area contributed by atoms with Gasteiger partial charge in [-0.15, -0.1) is 12.4 Å². The number of rotatable bonds is 1. The molecule has 0 spiro atoms. The molecule has 3 nitrogen and oxygen atoms in total. The van der Waals surface area contributed by atoms with E-state index in [1.165, 1.54) is 0 Å². The van der Waals surface area contributed by atoms with E-state index in [-0.39, 0.29) is 18.1 Å². The molecule has 4 heteroatoms. The van der Waals surface area contributed by atoms with Crippen LogP contribution in [0.4, 0.5) is 0 Å². The number of halogens is 1. The van der Waals surface area contributed by atoms with E-state index in [0.717, 1.165) is 11.1 Å². The SMILES string of the molecule is Cl.O=C(O)C1=Cc2ccccc2C=CN1. The van der Waals surface area contributed by atoms with E-state index < -0.39 is 5.97 Å². The minimum atomic E-state index is -0.952. The first-order valence-corrected chi connectivity index (χ1v) is 4.24. The average molecular weight is 224 g/mol. The Balaban J connectivity index is 0.00000112. The Kier molecular flexibility index (Phi) is 3.52. The van der Waals surface area contributed by atoms with Gasteiger partial charge in [0.2, 0.25) is 0 Å². The standard InChI is InChI=1S/C11H9NO2.ClH/c13-11(14)10-7-9-4-2-1-3-8(9)5-6-12-10;/h1-7,12H,(H,13,14);1H. The summed E-state index contributed by atoms with van der Waals surface area (Å²) in [6.45, 7) is 0. The molecule has 0 saturated heterocycles. The number of hydrogen-bond acceptors (Lipinski definition) is 2. The molecular weight excluding hydrogens is 214 g/mol. The van der Waals surface area contributed by atoms with Crippen molar-refractivity contribution in [2.24, 2.45) is 0 Å². The maximum Gasteiger partial charge on any atom is 0.352 e. The number of nitrogens with one attached hydrogen (secondary N) is 1. The Labute approximate surface area is 93.5 Å². The molecule has 0 bridgehead atoms. The number of carboxylic acids is 1. The lowest BCUT2D eigenvalue weighted by molar-refractivity contribution is -0.132. The van der Waals surface area contributed by atoms with E-state index in [1.54, 1.807) is 12.3 Å². The van der Waals surface area contributed by atoms with Gasteiger partial charge in [-0.3, -0.25) is 0 Å². The zero-order valence-corrected chi connectivity index (χ0v) is 8.62. The molecule has 1 aliphatic rings. The molecule has 1 aromatic carbocycles. The van der Waals surface area contributed by atoms with Gasteiger partial charge in [0.15, 0.2) is 0 Å². The fourth-order valence-electron chi connectivity index (χ4n) is 1.34. The largest absolute Gasteiger partial charge is 0.477 e. The molecule has 1 heterocycles. The third-order valence-corrected chi connectivity index (χ3v) is 2.03. The third-order valence-electron chi connectivity index (χ3n) is 2.03. The summed E-state index contributed by atoms with van der Waals surface area (Å²) in [5.74, 6) is -0.952. The van der Waals surface area contributed by atoms with Crippen LogP contribution in [0.15, 0.2) is 36.2 Å². The van der Waals surface area contributed by atoms with Crippen LogP contribution in [0.2, 0.25) is 0 Å². The minimum Gasteiger partial charge on any atom is -0.477 e. The molecule has 0 aliphatic carbocycles. The highest BCUT2D eigenvalue weighted by atomic mass is 35.5. The quantitative estimate of drug-likeness (QED) is 0.767. The number of carbonyl (C=O) groups is 1. The van der Waals surface area contributed by atoms with Gasteiger partial charge in [0.25, 0.3) is 0 Å². The van der Waals surface area contributed by atoms with Crippen LogP contribution >= 0.6 is 12.4 Å². The van der Waals surface area contributed by atoms with Crippen LogP contribution < -0.4 is 5.32 Å². The van der Waals surface area contributed by atoms with Gasteiger partial charge in [-0.1, -0.05) is 24.3 Å². The van der Waals surface area contributed by atoms with Crippen molar-refractivity contribution < 1.29 is 9.90 Å². The fraction of sp³-hybridized carbons (Fsp3) is 0. The smallest absolute Gasteiger partial charge is 0.352 e. The van der Waals surface area contributed by atoms with Gasteiger partial charge >= 0.3 is 5.97 Å². The van der Waals surface area contributed by atoms with Gasteiger partial charge in [-0.2, -0.15) is 0 Å². The van der Waals surface area contributed by atoms with Crippen LogP contribution in [0.1, 0.15) is 11.1 Å². The third kappa shape index (κ3) is 2.39. The van der Waals surface area contributed by atoms with E-state index in [1.807, 2.05) is 30.3 Å². The summed E-state index contributed by atoms with van der Waals surface area (Å²) in [5, 5.41) is 11.5. The molecule has 15 heavy (non-hydrogen) atoms. The summed E-state index contributed by atoms with van der Waals surface area (Å²) in [6.07, 6.45) is 5.10. The van der Waals surface area contributed by atoms with Crippen LogP contribution in [0.3, 0.4) is 0 Å². The van der Waals surface area contributed by atoms with E-state index in [0.29, 0.717) is 0 Å². The highest BCUT2D eigenvalue weighted by Crippen LogP contribution is 2.16. The summed E-state index contributed by atoms with van der Waals surface area (Å²) >= 11 is 0. The van der Waals surface area contributed by atoms with Gasteiger partial charge in [-0.25, -0.2) is 4.79 Å². The monoisotopic (exact) mass is 223 g/mol. The minimum absolute atomic E-state index is 0. The molecular formula is C11H10ClNO2. The highest BCUT2D eigenvalue weighted by molar-refractivity contribution is 5.93. The number of hydrogen-bond donors (Lipinski definition) is 2. The van der Waals surface area contributed by atoms with Crippen LogP contribution in [0.25, 0.3) is 12.2 Å². The summed E-state index contributed by atoms with van der Waals surface area (Å²) < 4.78 is 0. The first kappa shape index (κ1) is 11.3. The second kappa shape index (κ2) is 4.66. The van der Waals surface area contributed by atoms with E-state index in [9.17, 15) is 4.79 Å². The first-order valence-electron chi connectivity index (χ1n) is 4.24.